The predicted molar refractivity (Wildman–Crippen MR) is 82.9 cm³/mol. The van der Waals surface area contributed by atoms with Crippen LogP contribution in [0.3, 0.4) is 0 Å². The molecular weight excluding hydrogens is 354 g/mol. The van der Waals surface area contributed by atoms with Gasteiger partial charge in [0, 0.05) is 17.7 Å². The van der Waals surface area contributed by atoms with Crippen LogP contribution >= 0.6 is 0 Å². The first-order valence-corrected chi connectivity index (χ1v) is 7.41. The number of carbonyl (C=O) groups is 2. The molecule has 1 aliphatic rings. The van der Waals surface area contributed by atoms with Crippen molar-refractivity contribution < 1.29 is 39.7 Å². The zero-order valence-corrected chi connectivity index (χ0v) is 13.2. The number of nitro benzene ring substituents is 1. The van der Waals surface area contributed by atoms with Gasteiger partial charge in [-0.15, -0.1) is 0 Å². The monoisotopic (exact) mass is 371 g/mol. The van der Waals surface area contributed by atoms with Gasteiger partial charge in [0.1, 0.15) is 24.4 Å². The number of amides is 3. The molecule has 0 bridgehead atoms. The first-order chi connectivity index (χ1) is 12.2. The quantitative estimate of drug-likeness (QED) is 0.252. The number of rotatable bonds is 4. The number of imide groups is 1. The summed E-state index contributed by atoms with van der Waals surface area (Å²) in [5, 5.41) is 52.7. The molecule has 1 heterocycles. The Hall–Kier alpha value is -2.64. The number of nitrogens with zero attached hydrogens (tertiary/aromatic N) is 1. The van der Waals surface area contributed by atoms with Crippen molar-refractivity contribution in [3.05, 3.63) is 39.9 Å². The Bertz CT molecular complexity index is 679. The van der Waals surface area contributed by atoms with Gasteiger partial charge in [0.25, 0.3) is 11.6 Å². The molecule has 1 fully saturated rings. The van der Waals surface area contributed by atoms with E-state index in [1.807, 2.05) is 5.32 Å². The lowest BCUT2D eigenvalue weighted by molar-refractivity contribution is -0.384. The Kier molecular flexibility index (Phi) is 6.18. The number of nitrogens with one attached hydrogen (secondary N) is 2. The van der Waals surface area contributed by atoms with Crippen molar-refractivity contribution in [3.8, 4) is 0 Å². The Morgan fingerprint density at radius 3 is 2.27 bits per heavy atom. The van der Waals surface area contributed by atoms with Crippen LogP contribution in [0.25, 0.3) is 0 Å². The molecule has 12 heteroatoms. The summed E-state index contributed by atoms with van der Waals surface area (Å²) in [5.41, 5.74) is -0.258. The molecule has 1 saturated heterocycles. The summed E-state index contributed by atoms with van der Waals surface area (Å²) in [4.78, 5) is 33.7. The number of urea groups is 1. The first kappa shape index (κ1) is 19.7. The summed E-state index contributed by atoms with van der Waals surface area (Å²) in [6, 6.07) is 3.38. The van der Waals surface area contributed by atoms with Crippen LogP contribution in [0.15, 0.2) is 24.3 Å². The van der Waals surface area contributed by atoms with Gasteiger partial charge < -0.3 is 30.5 Å². The van der Waals surface area contributed by atoms with Crippen LogP contribution in [0, 0.1) is 10.1 Å². The Morgan fingerprint density at radius 1 is 1.12 bits per heavy atom. The lowest BCUT2D eigenvalue weighted by atomic mass is 9.98. The normalized spacial score (nSPS) is 28.2. The first-order valence-electron chi connectivity index (χ1n) is 7.41. The number of carbonyl (C=O) groups excluding carboxylic acids is 2. The van der Waals surface area contributed by atoms with Gasteiger partial charge in [0.05, 0.1) is 11.5 Å². The van der Waals surface area contributed by atoms with E-state index in [9.17, 15) is 35.0 Å². The van der Waals surface area contributed by atoms with Crippen molar-refractivity contribution in [2.45, 2.75) is 30.6 Å². The average Bonchev–Trinajstić information content (AvgIpc) is 2.62. The van der Waals surface area contributed by atoms with Crippen molar-refractivity contribution in [2.75, 3.05) is 6.61 Å². The molecular formula is C14H17N3O9. The highest BCUT2D eigenvalue weighted by Crippen LogP contribution is 2.19. The molecule has 0 aromatic heterocycles. The second-order valence-corrected chi connectivity index (χ2v) is 5.48. The zero-order valence-electron chi connectivity index (χ0n) is 13.2. The molecule has 6 N–H and O–H groups in total. The molecule has 26 heavy (non-hydrogen) atoms. The summed E-state index contributed by atoms with van der Waals surface area (Å²) >= 11 is 0. The topological polar surface area (TPSA) is 191 Å². The maximum absolute atomic E-state index is 11.9. The Morgan fingerprint density at radius 2 is 1.73 bits per heavy atom. The fourth-order valence-corrected chi connectivity index (χ4v) is 2.30. The molecule has 3 amide bonds. The highest BCUT2D eigenvalue weighted by molar-refractivity contribution is 6.04. The molecule has 5 atom stereocenters. The van der Waals surface area contributed by atoms with Crippen LogP contribution in [0.5, 0.6) is 0 Å². The number of hydrogen-bond donors (Lipinski definition) is 6. The Labute approximate surface area is 146 Å². The summed E-state index contributed by atoms with van der Waals surface area (Å²) in [5.74, 6) is -0.873. The van der Waals surface area contributed by atoms with Crippen LogP contribution in [-0.2, 0) is 4.74 Å². The lowest BCUT2D eigenvalue weighted by Gasteiger charge is -2.39. The van der Waals surface area contributed by atoms with Gasteiger partial charge in [-0.3, -0.25) is 20.2 Å². The standard InChI is InChI=1S/C14H17N3O9/c18-5-8-9(19)10(20)11(21)13(26-8)16-14(23)15-12(22)6-1-3-7(4-2-6)17(24)25/h1-4,8-11,13,18-21H,5H2,(H2,15,16,22,23)/t8-,9-,10+,11-,13-/m1/s1. The smallest absolute Gasteiger partial charge is 0.323 e. The molecule has 0 aliphatic carbocycles. The summed E-state index contributed by atoms with van der Waals surface area (Å²) < 4.78 is 5.06. The number of benzene rings is 1. The molecule has 1 aliphatic heterocycles. The molecule has 0 radical (unpaired) electrons. The third kappa shape index (κ3) is 4.30. The number of ether oxygens (including phenoxy) is 1. The minimum Gasteiger partial charge on any atom is -0.394 e. The summed E-state index contributed by atoms with van der Waals surface area (Å²) in [6.45, 7) is -0.674. The predicted octanol–water partition coefficient (Wildman–Crippen LogP) is -2.17. The van der Waals surface area contributed by atoms with Gasteiger partial charge in [0.2, 0.25) is 0 Å². The minimum absolute atomic E-state index is 0.0282. The number of hydrogen-bond acceptors (Lipinski definition) is 9. The third-order valence-electron chi connectivity index (χ3n) is 3.73. The van der Waals surface area contributed by atoms with E-state index in [1.54, 1.807) is 0 Å². The van der Waals surface area contributed by atoms with Crippen molar-refractivity contribution in [2.24, 2.45) is 0 Å². The van der Waals surface area contributed by atoms with Gasteiger partial charge in [0.15, 0.2) is 6.23 Å². The highest BCUT2D eigenvalue weighted by Gasteiger charge is 2.44. The van der Waals surface area contributed by atoms with Gasteiger partial charge in [-0.1, -0.05) is 0 Å². The molecule has 142 valence electrons. The molecule has 0 unspecified atom stereocenters. The maximum atomic E-state index is 11.9. The largest absolute Gasteiger partial charge is 0.394 e. The van der Waals surface area contributed by atoms with Gasteiger partial charge >= 0.3 is 6.03 Å². The van der Waals surface area contributed by atoms with Crippen molar-refractivity contribution in [3.63, 3.8) is 0 Å². The molecule has 1 aromatic rings. The minimum atomic E-state index is -1.70. The van der Waals surface area contributed by atoms with Crippen molar-refractivity contribution in [1.82, 2.24) is 10.6 Å². The summed E-state index contributed by atoms with van der Waals surface area (Å²) in [6.07, 6.45) is -7.68. The van der Waals surface area contributed by atoms with E-state index in [-0.39, 0.29) is 11.3 Å². The maximum Gasteiger partial charge on any atom is 0.323 e. The highest BCUT2D eigenvalue weighted by atomic mass is 16.6. The van der Waals surface area contributed by atoms with E-state index >= 15 is 0 Å². The SMILES string of the molecule is O=C(NC(=O)c1ccc([N+](=O)[O-])cc1)N[C@@H]1O[C@H](CO)[C@@H](O)[C@H](O)[C@H]1O. The molecule has 2 rings (SSSR count). The fraction of sp³-hybridized carbons (Fsp3) is 0.429. The second kappa shape index (κ2) is 8.16. The zero-order chi connectivity index (χ0) is 19.4. The van der Waals surface area contributed by atoms with Gasteiger partial charge in [-0.05, 0) is 12.1 Å². The fourth-order valence-electron chi connectivity index (χ4n) is 2.30. The van der Waals surface area contributed by atoms with Crippen LogP contribution in [0.4, 0.5) is 10.5 Å². The van der Waals surface area contributed by atoms with E-state index in [0.29, 0.717) is 0 Å². The average molecular weight is 371 g/mol. The molecule has 12 nitrogen and oxygen atoms in total. The van der Waals surface area contributed by atoms with E-state index in [1.165, 1.54) is 0 Å². The van der Waals surface area contributed by atoms with E-state index in [4.69, 9.17) is 9.84 Å². The van der Waals surface area contributed by atoms with Gasteiger partial charge in [-0.25, -0.2) is 4.79 Å². The van der Waals surface area contributed by atoms with E-state index in [2.05, 4.69) is 5.32 Å². The number of aliphatic hydroxyl groups is 4. The van der Waals surface area contributed by atoms with Crippen molar-refractivity contribution >= 4 is 17.6 Å². The molecule has 0 saturated carbocycles. The number of nitro groups is 1. The van der Waals surface area contributed by atoms with Crippen molar-refractivity contribution in [1.29, 1.82) is 0 Å². The van der Waals surface area contributed by atoms with Crippen LogP contribution in [0.1, 0.15) is 10.4 Å². The third-order valence-corrected chi connectivity index (χ3v) is 3.73. The summed E-state index contributed by atoms with van der Waals surface area (Å²) in [7, 11) is 0. The second-order valence-electron chi connectivity index (χ2n) is 5.48. The number of aliphatic hydroxyl groups excluding tert-OH is 4. The van der Waals surface area contributed by atoms with Crippen LogP contribution in [0.2, 0.25) is 0 Å². The number of non-ortho nitro benzene ring substituents is 1. The molecule has 1 aromatic carbocycles. The van der Waals surface area contributed by atoms with E-state index in [0.717, 1.165) is 24.3 Å². The van der Waals surface area contributed by atoms with Crippen LogP contribution in [-0.4, -0.2) is 74.5 Å². The van der Waals surface area contributed by atoms with E-state index < -0.39 is 54.1 Å². The molecule has 0 spiro atoms. The lowest BCUT2D eigenvalue weighted by Crippen LogP contribution is -2.64. The van der Waals surface area contributed by atoms with Crippen LogP contribution < -0.4 is 10.6 Å². The van der Waals surface area contributed by atoms with Gasteiger partial charge in [-0.2, -0.15) is 0 Å². The Balaban J connectivity index is 1.97.